The number of benzene rings is 1. The van der Waals surface area contributed by atoms with Gasteiger partial charge in [-0.3, -0.25) is 4.72 Å². The molecule has 3 aromatic rings. The Balaban J connectivity index is 1.95. The standard InChI is InChI=1S/C17H19N5O4S/c1-3-25-13-6-7-14(26-4-2)15(10-13)27(23,24)21-16-11-17(19-12-18-16)22-9-5-8-20-22/h5-12H,3-4H2,1-2H3,(H,18,19,21). The third-order valence-corrected chi connectivity index (χ3v) is 4.82. The van der Waals surface area contributed by atoms with Gasteiger partial charge in [-0.15, -0.1) is 0 Å². The van der Waals surface area contributed by atoms with E-state index in [0.29, 0.717) is 24.8 Å². The van der Waals surface area contributed by atoms with E-state index in [-0.39, 0.29) is 16.5 Å². The molecular weight excluding hydrogens is 370 g/mol. The van der Waals surface area contributed by atoms with E-state index in [4.69, 9.17) is 9.47 Å². The average Bonchev–Trinajstić information content (AvgIpc) is 3.18. The molecule has 0 aliphatic heterocycles. The second-order valence-corrected chi connectivity index (χ2v) is 6.94. The summed E-state index contributed by atoms with van der Waals surface area (Å²) in [6.07, 6.45) is 4.55. The van der Waals surface area contributed by atoms with Crippen LogP contribution in [0, 0.1) is 0 Å². The highest BCUT2D eigenvalue weighted by atomic mass is 32.2. The largest absolute Gasteiger partial charge is 0.494 e. The van der Waals surface area contributed by atoms with Gasteiger partial charge in [0.15, 0.2) is 5.82 Å². The first-order valence-corrected chi connectivity index (χ1v) is 9.76. The highest BCUT2D eigenvalue weighted by Gasteiger charge is 2.22. The minimum atomic E-state index is -3.97. The number of hydrogen-bond donors (Lipinski definition) is 1. The molecule has 0 aliphatic carbocycles. The molecule has 9 nitrogen and oxygen atoms in total. The normalized spacial score (nSPS) is 11.2. The Morgan fingerprint density at radius 3 is 2.63 bits per heavy atom. The molecule has 27 heavy (non-hydrogen) atoms. The second-order valence-electron chi connectivity index (χ2n) is 5.29. The molecule has 0 fully saturated rings. The number of nitrogens with one attached hydrogen (secondary N) is 1. The predicted molar refractivity (Wildman–Crippen MR) is 98.7 cm³/mol. The van der Waals surface area contributed by atoms with Gasteiger partial charge in [-0.05, 0) is 32.0 Å². The van der Waals surface area contributed by atoms with Crippen LogP contribution in [0.3, 0.4) is 0 Å². The van der Waals surface area contributed by atoms with Gasteiger partial charge in [-0.1, -0.05) is 0 Å². The van der Waals surface area contributed by atoms with E-state index >= 15 is 0 Å². The Kier molecular flexibility index (Phi) is 5.55. The lowest BCUT2D eigenvalue weighted by Gasteiger charge is -2.14. The van der Waals surface area contributed by atoms with E-state index in [0.717, 1.165) is 0 Å². The molecule has 0 bridgehead atoms. The van der Waals surface area contributed by atoms with Crippen molar-refractivity contribution in [1.29, 1.82) is 0 Å². The Labute approximate surface area is 157 Å². The lowest BCUT2D eigenvalue weighted by Crippen LogP contribution is -2.16. The van der Waals surface area contributed by atoms with Gasteiger partial charge in [0.2, 0.25) is 0 Å². The van der Waals surface area contributed by atoms with Crippen molar-refractivity contribution in [2.75, 3.05) is 17.9 Å². The van der Waals surface area contributed by atoms with Crippen LogP contribution in [0.25, 0.3) is 5.82 Å². The zero-order chi connectivity index (χ0) is 19.3. The zero-order valence-electron chi connectivity index (χ0n) is 14.9. The molecule has 142 valence electrons. The maximum atomic E-state index is 12.9. The van der Waals surface area contributed by atoms with Gasteiger partial charge in [0.05, 0.1) is 13.2 Å². The summed E-state index contributed by atoms with van der Waals surface area (Å²) in [4.78, 5) is 8.03. The molecule has 0 aliphatic rings. The van der Waals surface area contributed by atoms with Gasteiger partial charge in [0, 0.05) is 24.5 Å². The van der Waals surface area contributed by atoms with Gasteiger partial charge < -0.3 is 9.47 Å². The van der Waals surface area contributed by atoms with Crippen molar-refractivity contribution in [3.8, 4) is 17.3 Å². The maximum absolute atomic E-state index is 12.9. The van der Waals surface area contributed by atoms with E-state index in [9.17, 15) is 8.42 Å². The molecular formula is C17H19N5O4S. The third kappa shape index (κ3) is 4.34. The molecule has 0 unspecified atom stereocenters. The van der Waals surface area contributed by atoms with Crippen molar-refractivity contribution in [3.63, 3.8) is 0 Å². The SMILES string of the molecule is CCOc1ccc(OCC)c(S(=O)(=O)Nc2cc(-n3cccn3)ncn2)c1. The fraction of sp³-hybridized carbons (Fsp3) is 0.235. The van der Waals surface area contributed by atoms with Crippen molar-refractivity contribution in [3.05, 3.63) is 49.1 Å². The van der Waals surface area contributed by atoms with Gasteiger partial charge in [-0.25, -0.2) is 23.1 Å². The topological polar surface area (TPSA) is 108 Å². The maximum Gasteiger partial charge on any atom is 0.266 e. The highest BCUT2D eigenvalue weighted by Crippen LogP contribution is 2.30. The third-order valence-electron chi connectivity index (χ3n) is 3.45. The van der Waals surface area contributed by atoms with Crippen molar-refractivity contribution < 1.29 is 17.9 Å². The molecule has 0 saturated heterocycles. The molecule has 3 rings (SSSR count). The smallest absolute Gasteiger partial charge is 0.266 e. The number of rotatable bonds is 8. The van der Waals surface area contributed by atoms with E-state index in [2.05, 4.69) is 19.8 Å². The van der Waals surface area contributed by atoms with E-state index < -0.39 is 10.0 Å². The molecule has 0 radical (unpaired) electrons. The summed E-state index contributed by atoms with van der Waals surface area (Å²) < 4.78 is 40.7. The lowest BCUT2D eigenvalue weighted by atomic mass is 10.3. The van der Waals surface area contributed by atoms with E-state index in [1.54, 1.807) is 37.5 Å². The van der Waals surface area contributed by atoms with Crippen LogP contribution in [0.15, 0.2) is 53.9 Å². The number of nitrogens with zero attached hydrogens (tertiary/aromatic N) is 4. The molecule has 0 atom stereocenters. The van der Waals surface area contributed by atoms with Crippen molar-refractivity contribution >= 4 is 15.8 Å². The van der Waals surface area contributed by atoms with Crippen LogP contribution in [-0.2, 0) is 10.0 Å². The average molecular weight is 389 g/mol. The highest BCUT2D eigenvalue weighted by molar-refractivity contribution is 7.92. The lowest BCUT2D eigenvalue weighted by molar-refractivity contribution is 0.322. The molecule has 0 saturated carbocycles. The Morgan fingerprint density at radius 1 is 1.11 bits per heavy atom. The Morgan fingerprint density at radius 2 is 1.93 bits per heavy atom. The van der Waals surface area contributed by atoms with Crippen LogP contribution in [0.2, 0.25) is 0 Å². The molecule has 10 heteroatoms. The first-order valence-electron chi connectivity index (χ1n) is 8.28. The molecule has 1 N–H and O–H groups in total. The number of hydrogen-bond acceptors (Lipinski definition) is 7. The van der Waals surface area contributed by atoms with Gasteiger partial charge in [0.25, 0.3) is 10.0 Å². The number of aromatic nitrogens is 4. The van der Waals surface area contributed by atoms with Gasteiger partial charge >= 0.3 is 0 Å². The summed E-state index contributed by atoms with van der Waals surface area (Å²) >= 11 is 0. The number of ether oxygens (including phenoxy) is 2. The molecule has 0 amide bonds. The first-order chi connectivity index (χ1) is 13.0. The molecule has 1 aromatic carbocycles. The summed E-state index contributed by atoms with van der Waals surface area (Å²) in [5.74, 6) is 1.21. The van der Waals surface area contributed by atoms with E-state index in [1.807, 2.05) is 6.92 Å². The Bertz CT molecular complexity index is 1010. The summed E-state index contributed by atoms with van der Waals surface area (Å²) in [5.41, 5.74) is 0. The first kappa shape index (κ1) is 18.6. The van der Waals surface area contributed by atoms with Crippen LogP contribution in [0.5, 0.6) is 11.5 Å². The van der Waals surface area contributed by atoms with E-state index in [1.165, 1.54) is 23.1 Å². The van der Waals surface area contributed by atoms with Crippen LogP contribution >= 0.6 is 0 Å². The summed E-state index contributed by atoms with van der Waals surface area (Å²) in [6, 6.07) is 7.87. The van der Waals surface area contributed by atoms with Crippen LogP contribution < -0.4 is 14.2 Å². The van der Waals surface area contributed by atoms with Crippen molar-refractivity contribution in [2.45, 2.75) is 18.7 Å². The van der Waals surface area contributed by atoms with Crippen molar-refractivity contribution in [1.82, 2.24) is 19.7 Å². The molecule has 0 spiro atoms. The fourth-order valence-corrected chi connectivity index (χ4v) is 3.51. The zero-order valence-corrected chi connectivity index (χ0v) is 15.7. The quantitative estimate of drug-likeness (QED) is 0.629. The summed E-state index contributed by atoms with van der Waals surface area (Å²) in [6.45, 7) is 4.34. The minimum Gasteiger partial charge on any atom is -0.494 e. The number of anilines is 1. The second kappa shape index (κ2) is 8.04. The predicted octanol–water partition coefficient (Wildman–Crippen LogP) is 2.26. The van der Waals surface area contributed by atoms with Crippen LogP contribution in [-0.4, -0.2) is 41.4 Å². The van der Waals surface area contributed by atoms with Crippen molar-refractivity contribution in [2.24, 2.45) is 0 Å². The monoisotopic (exact) mass is 389 g/mol. The fourth-order valence-electron chi connectivity index (χ4n) is 2.35. The summed E-state index contributed by atoms with van der Waals surface area (Å²) in [7, 11) is -3.97. The minimum absolute atomic E-state index is 0.0328. The number of sulfonamides is 1. The van der Waals surface area contributed by atoms with Gasteiger partial charge in [0.1, 0.15) is 28.5 Å². The van der Waals surface area contributed by atoms with Gasteiger partial charge in [-0.2, -0.15) is 5.10 Å². The summed E-state index contributed by atoms with van der Waals surface area (Å²) in [5, 5.41) is 4.07. The Hall–Kier alpha value is -3.14. The van der Waals surface area contributed by atoms with Crippen LogP contribution in [0.1, 0.15) is 13.8 Å². The molecule has 2 heterocycles. The molecule has 2 aromatic heterocycles. The van der Waals surface area contributed by atoms with Crippen LogP contribution in [0.4, 0.5) is 5.82 Å².